The number of carbonyl (C=O) groups is 1. The minimum atomic E-state index is -1.27. The van der Waals surface area contributed by atoms with Crippen molar-refractivity contribution < 1.29 is 9.90 Å². The summed E-state index contributed by atoms with van der Waals surface area (Å²) in [7, 11) is 0. The molecule has 0 aliphatic rings. The summed E-state index contributed by atoms with van der Waals surface area (Å²) in [6.07, 6.45) is 0.870. The molecule has 0 saturated heterocycles. The third kappa shape index (κ3) is 2.59. The van der Waals surface area contributed by atoms with Crippen molar-refractivity contribution in [1.29, 1.82) is 0 Å². The number of thiophene rings is 1. The van der Waals surface area contributed by atoms with Crippen molar-refractivity contribution in [3.8, 4) is 0 Å². The van der Waals surface area contributed by atoms with E-state index in [1.54, 1.807) is 6.07 Å². The topological polar surface area (TPSA) is 37.3 Å². The highest BCUT2D eigenvalue weighted by molar-refractivity contribution is 7.16. The van der Waals surface area contributed by atoms with Crippen LogP contribution in [-0.4, -0.2) is 17.0 Å². The number of carbonyl (C=O) groups excluding carboxylic acids is 1. The lowest BCUT2D eigenvalue weighted by Gasteiger charge is -2.13. The minimum absolute atomic E-state index is 0.327. The molecule has 1 heterocycles. The maximum atomic E-state index is 10.4. The van der Waals surface area contributed by atoms with E-state index in [2.05, 4.69) is 0 Å². The molecule has 0 fully saturated rings. The first kappa shape index (κ1) is 9.71. The van der Waals surface area contributed by atoms with E-state index in [1.807, 2.05) is 6.07 Å². The molecule has 0 amide bonds. The minimum Gasteiger partial charge on any atom is -0.382 e. The average Bonchev–Trinajstić information content (AvgIpc) is 2.35. The zero-order chi connectivity index (χ0) is 9.19. The Morgan fingerprint density at radius 2 is 2.42 bits per heavy atom. The SMILES string of the molecule is CC(O)(C=O)Cc1ccc(Cl)s1. The second-order valence-corrected chi connectivity index (χ2v) is 4.66. The number of hydrogen-bond acceptors (Lipinski definition) is 3. The van der Waals surface area contributed by atoms with Gasteiger partial charge in [0.25, 0.3) is 0 Å². The first-order valence-corrected chi connectivity index (χ1v) is 4.66. The molecule has 2 nitrogen and oxygen atoms in total. The summed E-state index contributed by atoms with van der Waals surface area (Å²) in [5, 5.41) is 9.38. The predicted molar refractivity (Wildman–Crippen MR) is 49.7 cm³/mol. The van der Waals surface area contributed by atoms with Crippen molar-refractivity contribution in [2.24, 2.45) is 0 Å². The van der Waals surface area contributed by atoms with Crippen LogP contribution in [0.15, 0.2) is 12.1 Å². The fraction of sp³-hybridized carbons (Fsp3) is 0.375. The van der Waals surface area contributed by atoms with Gasteiger partial charge in [-0.1, -0.05) is 11.6 Å². The molecule has 66 valence electrons. The van der Waals surface area contributed by atoms with Crippen molar-refractivity contribution in [2.75, 3.05) is 0 Å². The van der Waals surface area contributed by atoms with Crippen molar-refractivity contribution in [3.05, 3.63) is 21.3 Å². The highest BCUT2D eigenvalue weighted by atomic mass is 35.5. The van der Waals surface area contributed by atoms with Crippen LogP contribution in [-0.2, 0) is 11.2 Å². The molecule has 0 spiro atoms. The van der Waals surface area contributed by atoms with E-state index in [-0.39, 0.29) is 0 Å². The van der Waals surface area contributed by atoms with Gasteiger partial charge >= 0.3 is 0 Å². The molecule has 12 heavy (non-hydrogen) atoms. The summed E-state index contributed by atoms with van der Waals surface area (Å²) in [4.78, 5) is 11.3. The number of rotatable bonds is 3. The molecule has 0 saturated carbocycles. The fourth-order valence-corrected chi connectivity index (χ4v) is 2.09. The molecule has 1 rings (SSSR count). The van der Waals surface area contributed by atoms with Gasteiger partial charge in [-0.25, -0.2) is 0 Å². The van der Waals surface area contributed by atoms with Crippen LogP contribution < -0.4 is 0 Å². The molecule has 0 aliphatic heterocycles. The third-order valence-electron chi connectivity index (χ3n) is 1.41. The molecule has 1 atom stereocenters. The van der Waals surface area contributed by atoms with Crippen LogP contribution in [0.3, 0.4) is 0 Å². The monoisotopic (exact) mass is 204 g/mol. The van der Waals surface area contributed by atoms with Gasteiger partial charge in [0, 0.05) is 11.3 Å². The van der Waals surface area contributed by atoms with Crippen LogP contribution in [0.4, 0.5) is 0 Å². The van der Waals surface area contributed by atoms with Crippen LogP contribution >= 0.6 is 22.9 Å². The summed E-state index contributed by atoms with van der Waals surface area (Å²) in [5.41, 5.74) is -1.27. The highest BCUT2D eigenvalue weighted by Gasteiger charge is 2.20. The summed E-state index contributed by atoms with van der Waals surface area (Å²) >= 11 is 7.06. The lowest BCUT2D eigenvalue weighted by atomic mass is 10.0. The van der Waals surface area contributed by atoms with Gasteiger partial charge in [-0.2, -0.15) is 0 Å². The van der Waals surface area contributed by atoms with E-state index in [0.29, 0.717) is 17.0 Å². The maximum absolute atomic E-state index is 10.4. The highest BCUT2D eigenvalue weighted by Crippen LogP contribution is 2.24. The van der Waals surface area contributed by atoms with Gasteiger partial charge in [-0.3, -0.25) is 0 Å². The second kappa shape index (κ2) is 3.56. The number of aldehydes is 1. The standard InChI is InChI=1S/C8H9ClO2S/c1-8(11,5-10)4-6-2-3-7(9)12-6/h2-3,5,11H,4H2,1H3. The van der Waals surface area contributed by atoms with Gasteiger partial charge in [0.2, 0.25) is 0 Å². The Bertz CT molecular complexity index is 280. The van der Waals surface area contributed by atoms with Crippen LogP contribution in [0, 0.1) is 0 Å². The molecule has 0 radical (unpaired) electrons. The lowest BCUT2D eigenvalue weighted by Crippen LogP contribution is -2.28. The molecule has 0 aromatic carbocycles. The Balaban J connectivity index is 2.69. The van der Waals surface area contributed by atoms with E-state index in [0.717, 1.165) is 4.88 Å². The second-order valence-electron chi connectivity index (χ2n) is 2.86. The Morgan fingerprint density at radius 1 is 1.75 bits per heavy atom. The van der Waals surface area contributed by atoms with E-state index in [9.17, 15) is 9.90 Å². The van der Waals surface area contributed by atoms with Crippen molar-refractivity contribution in [1.82, 2.24) is 0 Å². The van der Waals surface area contributed by atoms with Gasteiger partial charge in [0.1, 0.15) is 5.60 Å². The first-order chi connectivity index (χ1) is 5.53. The zero-order valence-corrected chi connectivity index (χ0v) is 8.15. The summed E-state index contributed by atoms with van der Waals surface area (Å²) in [6.45, 7) is 1.48. The molecule has 1 aromatic rings. The Hall–Kier alpha value is -0.380. The first-order valence-electron chi connectivity index (χ1n) is 3.46. The molecule has 4 heteroatoms. The van der Waals surface area contributed by atoms with Gasteiger partial charge in [0.05, 0.1) is 4.34 Å². The molecular weight excluding hydrogens is 196 g/mol. The maximum Gasteiger partial charge on any atom is 0.151 e. The van der Waals surface area contributed by atoms with Crippen LogP contribution in [0.25, 0.3) is 0 Å². The Kier molecular flexibility index (Phi) is 2.88. The summed E-state index contributed by atoms with van der Waals surface area (Å²) in [6, 6.07) is 3.56. The Morgan fingerprint density at radius 3 is 2.83 bits per heavy atom. The number of hydrogen-bond donors (Lipinski definition) is 1. The van der Waals surface area contributed by atoms with Gasteiger partial charge in [-0.05, 0) is 19.1 Å². The normalized spacial score (nSPS) is 15.6. The van der Waals surface area contributed by atoms with Crippen LogP contribution in [0.5, 0.6) is 0 Å². The molecule has 0 aliphatic carbocycles. The molecule has 1 unspecified atom stereocenters. The number of aliphatic hydroxyl groups is 1. The third-order valence-corrected chi connectivity index (χ3v) is 2.65. The Labute approximate surface area is 79.8 Å². The van der Waals surface area contributed by atoms with Crippen molar-refractivity contribution in [3.63, 3.8) is 0 Å². The van der Waals surface area contributed by atoms with E-state index in [4.69, 9.17) is 11.6 Å². The van der Waals surface area contributed by atoms with E-state index in [1.165, 1.54) is 18.3 Å². The van der Waals surface area contributed by atoms with Gasteiger partial charge in [-0.15, -0.1) is 11.3 Å². The summed E-state index contributed by atoms with van der Waals surface area (Å²) in [5.74, 6) is 0. The molecule has 1 N–H and O–H groups in total. The zero-order valence-electron chi connectivity index (χ0n) is 6.58. The smallest absolute Gasteiger partial charge is 0.151 e. The predicted octanol–water partition coefficient (Wildman–Crippen LogP) is 1.89. The van der Waals surface area contributed by atoms with Gasteiger partial charge < -0.3 is 9.90 Å². The molecular formula is C8H9ClO2S. The average molecular weight is 205 g/mol. The van der Waals surface area contributed by atoms with Crippen LogP contribution in [0.2, 0.25) is 4.34 Å². The molecule has 1 aromatic heterocycles. The fourth-order valence-electron chi connectivity index (χ4n) is 0.841. The molecule has 0 bridgehead atoms. The van der Waals surface area contributed by atoms with Gasteiger partial charge in [0.15, 0.2) is 6.29 Å². The van der Waals surface area contributed by atoms with E-state index >= 15 is 0 Å². The van der Waals surface area contributed by atoms with Crippen LogP contribution in [0.1, 0.15) is 11.8 Å². The van der Waals surface area contributed by atoms with Crippen molar-refractivity contribution >= 4 is 29.2 Å². The van der Waals surface area contributed by atoms with Crippen molar-refractivity contribution in [2.45, 2.75) is 18.9 Å². The number of halogens is 1. The van der Waals surface area contributed by atoms with E-state index < -0.39 is 5.60 Å². The largest absolute Gasteiger partial charge is 0.382 e. The lowest BCUT2D eigenvalue weighted by molar-refractivity contribution is -0.122. The quantitative estimate of drug-likeness (QED) is 0.764. The summed E-state index contributed by atoms with van der Waals surface area (Å²) < 4.78 is 0.673.